The molecule has 8 nitrogen and oxygen atoms in total. The maximum Gasteiger partial charge on any atom is 0.501 e. The van der Waals surface area contributed by atoms with Crippen molar-refractivity contribution in [1.82, 2.24) is 0 Å². The summed E-state index contributed by atoms with van der Waals surface area (Å²) in [6.45, 7) is 16.3. The smallest absolute Gasteiger partial charge is 0.432 e. The van der Waals surface area contributed by atoms with Gasteiger partial charge in [0.2, 0.25) is 0 Å². The lowest BCUT2D eigenvalue weighted by Crippen LogP contribution is -2.46. The normalized spacial score (nSPS) is 20.6. The summed E-state index contributed by atoms with van der Waals surface area (Å²) in [6.07, 6.45) is 2.57. The Morgan fingerprint density at radius 3 is 1.50 bits per heavy atom. The summed E-state index contributed by atoms with van der Waals surface area (Å²) in [5.74, 6) is 0. The summed E-state index contributed by atoms with van der Waals surface area (Å²) in [7, 11) is -4.30. The van der Waals surface area contributed by atoms with Crippen LogP contribution in [0.4, 0.5) is 0 Å². The Morgan fingerprint density at radius 2 is 1.17 bits per heavy atom. The average molecular weight is 469 g/mol. The number of epoxide rings is 2. The maximum atomic E-state index is 9.50. The van der Waals surface area contributed by atoms with Gasteiger partial charge in [-0.15, -0.1) is 0 Å². The van der Waals surface area contributed by atoms with Crippen molar-refractivity contribution in [3.63, 3.8) is 0 Å². The quantitative estimate of drug-likeness (QED) is 0.187. The van der Waals surface area contributed by atoms with Gasteiger partial charge in [0.1, 0.15) is 12.2 Å². The van der Waals surface area contributed by atoms with Crippen LogP contribution in [0, 0.1) is 0 Å². The first-order valence-electron chi connectivity index (χ1n) is 11.4. The summed E-state index contributed by atoms with van der Waals surface area (Å²) < 4.78 is 38.2. The molecule has 2 rings (SSSR count). The van der Waals surface area contributed by atoms with Gasteiger partial charge in [-0.1, -0.05) is 0 Å². The highest BCUT2D eigenvalue weighted by molar-refractivity contribution is 6.69. The van der Waals surface area contributed by atoms with Gasteiger partial charge >= 0.3 is 8.80 Å². The van der Waals surface area contributed by atoms with Crippen molar-refractivity contribution in [2.75, 3.05) is 59.5 Å². The molecule has 2 aliphatic heterocycles. The van der Waals surface area contributed by atoms with Crippen LogP contribution in [0.15, 0.2) is 0 Å². The first-order valence-corrected chi connectivity index (χ1v) is 16.5. The van der Waals surface area contributed by atoms with Crippen LogP contribution in [-0.2, 0) is 32.2 Å². The van der Waals surface area contributed by atoms with Crippen molar-refractivity contribution in [3.05, 3.63) is 0 Å². The Morgan fingerprint density at radius 1 is 0.767 bits per heavy atom. The van der Waals surface area contributed by atoms with Gasteiger partial charge in [0, 0.05) is 39.1 Å². The SMILES string of the molecule is CCO[Si](CCCOCC1CO1)(OCC)OCC.C[Si](C)(O)CCCOCC1CO1. The van der Waals surface area contributed by atoms with Gasteiger partial charge in [0.05, 0.1) is 26.4 Å². The highest BCUT2D eigenvalue weighted by Gasteiger charge is 2.39. The van der Waals surface area contributed by atoms with Gasteiger partial charge in [-0.3, -0.25) is 0 Å². The van der Waals surface area contributed by atoms with Crippen LogP contribution in [0.3, 0.4) is 0 Å². The molecule has 0 aliphatic carbocycles. The molecule has 180 valence electrons. The summed E-state index contributed by atoms with van der Waals surface area (Å²) >= 11 is 0. The number of rotatable bonds is 18. The second-order valence-electron chi connectivity index (χ2n) is 8.06. The molecule has 0 spiro atoms. The largest absolute Gasteiger partial charge is 0.501 e. The zero-order valence-corrected chi connectivity index (χ0v) is 21.7. The molecule has 0 bridgehead atoms. The molecular weight excluding hydrogens is 424 g/mol. The van der Waals surface area contributed by atoms with Gasteiger partial charge in [0.15, 0.2) is 8.32 Å². The topological polar surface area (TPSA) is 91.4 Å². The molecule has 2 fully saturated rings. The Bertz CT molecular complexity index is 397. The summed E-state index contributed by atoms with van der Waals surface area (Å²) in [5, 5.41) is 0. The molecule has 0 aromatic rings. The maximum absolute atomic E-state index is 9.50. The van der Waals surface area contributed by atoms with E-state index < -0.39 is 17.1 Å². The van der Waals surface area contributed by atoms with Gasteiger partial charge in [0.25, 0.3) is 0 Å². The Hall–Kier alpha value is 0.114. The van der Waals surface area contributed by atoms with E-state index in [0.717, 1.165) is 51.4 Å². The van der Waals surface area contributed by atoms with Crippen LogP contribution in [0.25, 0.3) is 0 Å². The lowest BCUT2D eigenvalue weighted by Gasteiger charge is -2.28. The lowest BCUT2D eigenvalue weighted by atomic mass is 10.5. The minimum absolute atomic E-state index is 0.331. The highest BCUT2D eigenvalue weighted by atomic mass is 28.4. The molecule has 0 aromatic heterocycles. The van der Waals surface area contributed by atoms with Crippen molar-refractivity contribution in [2.45, 2.75) is 71.0 Å². The van der Waals surface area contributed by atoms with E-state index in [2.05, 4.69) is 0 Å². The van der Waals surface area contributed by atoms with Gasteiger partial charge in [-0.05, 0) is 52.8 Å². The van der Waals surface area contributed by atoms with E-state index in [-0.39, 0.29) is 0 Å². The van der Waals surface area contributed by atoms with Crippen LogP contribution in [0.1, 0.15) is 33.6 Å². The van der Waals surface area contributed by atoms with E-state index in [1.54, 1.807) is 0 Å². The van der Waals surface area contributed by atoms with Gasteiger partial charge in [-0.2, -0.15) is 0 Å². The first kappa shape index (κ1) is 28.1. The number of ether oxygens (including phenoxy) is 4. The molecule has 1 N–H and O–H groups in total. The second kappa shape index (κ2) is 15.8. The van der Waals surface area contributed by atoms with Gasteiger partial charge < -0.3 is 37.0 Å². The summed E-state index contributed by atoms with van der Waals surface area (Å²) in [4.78, 5) is 9.50. The van der Waals surface area contributed by atoms with E-state index in [9.17, 15) is 4.80 Å². The van der Waals surface area contributed by atoms with Crippen molar-refractivity contribution in [3.8, 4) is 0 Å². The Labute approximate surface area is 185 Å². The van der Waals surface area contributed by atoms with E-state index in [1.807, 2.05) is 33.9 Å². The van der Waals surface area contributed by atoms with E-state index in [1.165, 1.54) is 0 Å². The van der Waals surface area contributed by atoms with Crippen LogP contribution < -0.4 is 0 Å². The second-order valence-corrected chi connectivity index (χ2v) is 14.9. The van der Waals surface area contributed by atoms with E-state index in [0.29, 0.717) is 45.2 Å². The molecule has 0 aromatic carbocycles. The van der Waals surface area contributed by atoms with Crippen molar-refractivity contribution in [1.29, 1.82) is 0 Å². The predicted molar refractivity (Wildman–Crippen MR) is 120 cm³/mol. The van der Waals surface area contributed by atoms with Crippen LogP contribution in [-0.4, -0.2) is 93.6 Å². The molecule has 30 heavy (non-hydrogen) atoms. The minimum Gasteiger partial charge on any atom is -0.432 e. The summed E-state index contributed by atoms with van der Waals surface area (Å²) in [5.41, 5.74) is 0. The third-order valence-electron chi connectivity index (χ3n) is 4.35. The van der Waals surface area contributed by atoms with Crippen molar-refractivity contribution in [2.24, 2.45) is 0 Å². The number of hydrogen-bond acceptors (Lipinski definition) is 8. The van der Waals surface area contributed by atoms with Crippen molar-refractivity contribution >= 4 is 17.1 Å². The zero-order valence-electron chi connectivity index (χ0n) is 19.7. The molecule has 2 atom stereocenters. The van der Waals surface area contributed by atoms with Crippen molar-refractivity contribution < 1.29 is 37.0 Å². The zero-order chi connectivity index (χ0) is 22.3. The van der Waals surface area contributed by atoms with Crippen LogP contribution in [0.2, 0.25) is 25.2 Å². The Kier molecular flexibility index (Phi) is 14.9. The molecule has 0 radical (unpaired) electrons. The monoisotopic (exact) mass is 468 g/mol. The standard InChI is InChI=1S/C12H26O5Si.C8H18O3Si/c1-4-15-18(16-5-2,17-6-3)9-7-8-13-10-12-11-14-12;1-12(2,9)5-3-4-10-6-8-7-11-8/h12H,4-11H2,1-3H3;8-9H,3-7H2,1-2H3. The number of hydrogen-bond donors (Lipinski definition) is 1. The lowest BCUT2D eigenvalue weighted by molar-refractivity contribution is 0.0648. The third-order valence-corrected chi connectivity index (χ3v) is 9.08. The first-order chi connectivity index (χ1) is 14.3. The molecule has 2 unspecified atom stereocenters. The fourth-order valence-electron chi connectivity index (χ4n) is 2.76. The van der Waals surface area contributed by atoms with Crippen LogP contribution >= 0.6 is 0 Å². The van der Waals surface area contributed by atoms with Gasteiger partial charge in [-0.25, -0.2) is 0 Å². The molecule has 0 amide bonds. The average Bonchev–Trinajstić information content (AvgIpc) is 3.57. The molecular formula is C20H44O8Si2. The summed E-state index contributed by atoms with van der Waals surface area (Å²) in [6, 6.07) is 1.74. The Balaban J connectivity index is 0.000000325. The molecule has 2 saturated heterocycles. The molecule has 2 heterocycles. The predicted octanol–water partition coefficient (Wildman–Crippen LogP) is 2.83. The fourth-order valence-corrected chi connectivity index (χ4v) is 6.35. The highest BCUT2D eigenvalue weighted by Crippen LogP contribution is 2.18. The molecule has 2 aliphatic rings. The third kappa shape index (κ3) is 15.8. The molecule has 0 saturated carbocycles. The minimum atomic E-state index is -2.47. The van der Waals surface area contributed by atoms with Crippen LogP contribution in [0.5, 0.6) is 0 Å². The van der Waals surface area contributed by atoms with E-state index in [4.69, 9.17) is 32.2 Å². The van der Waals surface area contributed by atoms with E-state index >= 15 is 0 Å². The fraction of sp³-hybridized carbons (Fsp3) is 1.00. The molecule has 10 heteroatoms.